The molecule has 28 heavy (non-hydrogen) atoms. The smallest absolute Gasteiger partial charge is 0.233 e. The Kier molecular flexibility index (Phi) is 7.32. The molecule has 0 radical (unpaired) electrons. The van der Waals surface area contributed by atoms with Crippen molar-refractivity contribution in [3.63, 3.8) is 0 Å². The van der Waals surface area contributed by atoms with Gasteiger partial charge in [-0.25, -0.2) is 13.4 Å². The molecule has 1 aliphatic carbocycles. The molecule has 1 saturated carbocycles. The van der Waals surface area contributed by atoms with E-state index >= 15 is 0 Å². The number of rotatable bonds is 7. The molecule has 8 heteroatoms. The molecule has 1 aromatic heterocycles. The molecule has 0 bridgehead atoms. The third-order valence-electron chi connectivity index (χ3n) is 5.12. The number of carbonyl (C=O) groups excluding carboxylic acids is 1. The lowest BCUT2D eigenvalue weighted by atomic mass is 9.87. The predicted molar refractivity (Wildman–Crippen MR) is 113 cm³/mol. The van der Waals surface area contributed by atoms with Crippen molar-refractivity contribution in [3.8, 4) is 0 Å². The van der Waals surface area contributed by atoms with Crippen molar-refractivity contribution in [2.75, 3.05) is 5.32 Å². The van der Waals surface area contributed by atoms with Gasteiger partial charge in [0.15, 0.2) is 0 Å². The molecule has 5 nitrogen and oxygen atoms in total. The Bertz CT molecular complexity index is 902. The first-order valence-electron chi connectivity index (χ1n) is 9.25. The van der Waals surface area contributed by atoms with Gasteiger partial charge in [0.25, 0.3) is 0 Å². The number of halogens is 2. The first kappa shape index (κ1) is 21.1. The molecule has 1 N–H and O–H groups in total. The molecule has 1 aromatic carbocycles. The molecule has 1 atom stereocenters. The third-order valence-corrected chi connectivity index (χ3v) is 6.29. The highest BCUT2D eigenvalue weighted by atomic mass is 35.5. The fourth-order valence-corrected chi connectivity index (χ4v) is 4.70. The van der Waals surface area contributed by atoms with Gasteiger partial charge in [0.05, 0.1) is 16.7 Å². The topological polar surface area (TPSA) is 76.1 Å². The Morgan fingerprint density at radius 3 is 2.54 bits per heavy atom. The van der Waals surface area contributed by atoms with E-state index in [0.29, 0.717) is 27.3 Å². The number of nitrogens with one attached hydrogen (secondary N) is 1. The van der Waals surface area contributed by atoms with Crippen molar-refractivity contribution in [1.82, 2.24) is 4.98 Å². The molecule has 3 rings (SSSR count). The lowest BCUT2D eigenvalue weighted by Gasteiger charge is -2.21. The molecule has 0 saturated heterocycles. The molecule has 2 aromatic rings. The van der Waals surface area contributed by atoms with Gasteiger partial charge < -0.3 is 5.32 Å². The van der Waals surface area contributed by atoms with E-state index in [2.05, 4.69) is 10.3 Å². The average molecular weight is 441 g/mol. The standard InChI is InChI=1S/C20H22Cl2N2O3S/c21-16-7-8-19(23-11-16)24-20(25)17(9-13-3-1-2-4-13)14-5-6-15(12-28(26)27)18(22)10-14/h5-8,10-11,13,17,28H,1-4,9,12H2,(H,23,24,25). The summed E-state index contributed by atoms with van der Waals surface area (Å²) >= 11 is 12.1. The Balaban J connectivity index is 1.84. The van der Waals surface area contributed by atoms with Gasteiger partial charge >= 0.3 is 0 Å². The molecule has 0 aliphatic heterocycles. The number of hydrogen-bond acceptors (Lipinski definition) is 4. The minimum absolute atomic E-state index is 0.109. The van der Waals surface area contributed by atoms with Crippen molar-refractivity contribution in [1.29, 1.82) is 0 Å². The highest BCUT2D eigenvalue weighted by Gasteiger charge is 2.27. The zero-order valence-corrected chi connectivity index (χ0v) is 17.6. The fraction of sp³-hybridized carbons (Fsp3) is 0.400. The Morgan fingerprint density at radius 1 is 1.18 bits per heavy atom. The number of pyridine rings is 1. The van der Waals surface area contributed by atoms with E-state index in [1.807, 2.05) is 0 Å². The third kappa shape index (κ3) is 5.69. The van der Waals surface area contributed by atoms with Crippen LogP contribution in [0, 0.1) is 5.92 Å². The molecular formula is C20H22Cl2N2O3S. The number of benzene rings is 1. The zero-order chi connectivity index (χ0) is 20.1. The summed E-state index contributed by atoms with van der Waals surface area (Å²) in [5, 5.41) is 3.73. The number of thiol groups is 1. The van der Waals surface area contributed by atoms with Gasteiger partial charge in [-0.3, -0.25) is 4.79 Å². The summed E-state index contributed by atoms with van der Waals surface area (Å²) in [7, 11) is -2.56. The maximum absolute atomic E-state index is 13.0. The minimum Gasteiger partial charge on any atom is -0.310 e. The SMILES string of the molecule is O=C(Nc1ccc(Cl)cn1)C(CC1CCCC1)c1ccc(C[SH](=O)=O)c(Cl)c1. The monoisotopic (exact) mass is 440 g/mol. The van der Waals surface area contributed by atoms with E-state index in [0.717, 1.165) is 24.8 Å². The van der Waals surface area contributed by atoms with Gasteiger partial charge in [0.1, 0.15) is 16.5 Å². The minimum atomic E-state index is -2.56. The summed E-state index contributed by atoms with van der Waals surface area (Å²) in [5.74, 6) is 0.289. The molecule has 1 unspecified atom stereocenters. The van der Waals surface area contributed by atoms with Crippen LogP contribution in [-0.4, -0.2) is 19.3 Å². The van der Waals surface area contributed by atoms with Crippen LogP contribution in [0.4, 0.5) is 5.82 Å². The number of hydrogen-bond donors (Lipinski definition) is 2. The van der Waals surface area contributed by atoms with E-state index < -0.39 is 10.7 Å². The maximum atomic E-state index is 13.0. The summed E-state index contributed by atoms with van der Waals surface area (Å²) in [5.41, 5.74) is 1.33. The van der Waals surface area contributed by atoms with E-state index in [1.165, 1.54) is 19.0 Å². The normalized spacial score (nSPS) is 15.7. The average Bonchev–Trinajstić information content (AvgIpc) is 3.16. The van der Waals surface area contributed by atoms with Crippen LogP contribution in [-0.2, 0) is 21.3 Å². The van der Waals surface area contributed by atoms with E-state index in [-0.39, 0.29) is 17.6 Å². The van der Waals surface area contributed by atoms with Crippen molar-refractivity contribution in [3.05, 3.63) is 57.7 Å². The summed E-state index contributed by atoms with van der Waals surface area (Å²) in [6, 6.07) is 8.54. The lowest BCUT2D eigenvalue weighted by Crippen LogP contribution is -2.23. The first-order valence-corrected chi connectivity index (χ1v) is 11.4. The number of aromatic nitrogens is 1. The number of carbonyl (C=O) groups is 1. The number of anilines is 1. The van der Waals surface area contributed by atoms with Crippen LogP contribution in [0.3, 0.4) is 0 Å². The number of amides is 1. The van der Waals surface area contributed by atoms with E-state index in [9.17, 15) is 13.2 Å². The highest BCUT2D eigenvalue weighted by Crippen LogP contribution is 2.36. The molecular weight excluding hydrogens is 419 g/mol. The van der Waals surface area contributed by atoms with Gasteiger partial charge in [-0.15, -0.1) is 0 Å². The zero-order valence-electron chi connectivity index (χ0n) is 15.2. The summed E-state index contributed by atoms with van der Waals surface area (Å²) in [6.07, 6.45) is 6.82. The first-order chi connectivity index (χ1) is 13.4. The van der Waals surface area contributed by atoms with Crippen LogP contribution >= 0.6 is 23.2 Å². The summed E-state index contributed by atoms with van der Waals surface area (Å²) in [4.78, 5) is 17.2. The second kappa shape index (κ2) is 9.72. The van der Waals surface area contributed by atoms with Gasteiger partial charge in [-0.05, 0) is 41.7 Å². The van der Waals surface area contributed by atoms with Crippen LogP contribution < -0.4 is 5.32 Å². The molecule has 150 valence electrons. The molecule has 0 spiro atoms. The van der Waals surface area contributed by atoms with Crippen molar-refractivity contribution < 1.29 is 13.2 Å². The number of nitrogens with zero attached hydrogens (tertiary/aromatic N) is 1. The Morgan fingerprint density at radius 2 is 1.93 bits per heavy atom. The Hall–Kier alpha value is -1.63. The van der Waals surface area contributed by atoms with Crippen LogP contribution in [0.5, 0.6) is 0 Å². The van der Waals surface area contributed by atoms with Gasteiger partial charge in [0, 0.05) is 11.2 Å². The quantitative estimate of drug-likeness (QED) is 0.605. The van der Waals surface area contributed by atoms with E-state index in [1.54, 1.807) is 30.3 Å². The molecule has 1 fully saturated rings. The predicted octanol–water partition coefficient (Wildman–Crippen LogP) is 4.80. The van der Waals surface area contributed by atoms with Crippen molar-refractivity contribution in [2.24, 2.45) is 5.92 Å². The molecule has 1 amide bonds. The van der Waals surface area contributed by atoms with Gasteiger partial charge in [-0.2, -0.15) is 0 Å². The summed E-state index contributed by atoms with van der Waals surface area (Å²) < 4.78 is 22.0. The highest BCUT2D eigenvalue weighted by molar-refractivity contribution is 7.71. The van der Waals surface area contributed by atoms with Gasteiger partial charge in [0.2, 0.25) is 5.91 Å². The van der Waals surface area contributed by atoms with E-state index in [4.69, 9.17) is 23.2 Å². The molecule has 1 aliphatic rings. The van der Waals surface area contributed by atoms with Crippen LogP contribution in [0.25, 0.3) is 0 Å². The van der Waals surface area contributed by atoms with Crippen LogP contribution in [0.1, 0.15) is 49.1 Å². The second-order valence-electron chi connectivity index (χ2n) is 7.13. The van der Waals surface area contributed by atoms with Crippen molar-refractivity contribution in [2.45, 2.75) is 43.8 Å². The van der Waals surface area contributed by atoms with Crippen molar-refractivity contribution >= 4 is 45.6 Å². The molecule has 1 heterocycles. The van der Waals surface area contributed by atoms with Crippen LogP contribution in [0.15, 0.2) is 36.5 Å². The van der Waals surface area contributed by atoms with Crippen LogP contribution in [0.2, 0.25) is 10.0 Å². The van der Waals surface area contributed by atoms with Gasteiger partial charge in [-0.1, -0.05) is 61.0 Å². The Labute approximate surface area is 176 Å². The summed E-state index contributed by atoms with van der Waals surface area (Å²) in [6.45, 7) is 0. The fourth-order valence-electron chi connectivity index (χ4n) is 3.68. The maximum Gasteiger partial charge on any atom is 0.233 e. The second-order valence-corrected chi connectivity index (χ2v) is 8.96. The largest absolute Gasteiger partial charge is 0.310 e. The lowest BCUT2D eigenvalue weighted by molar-refractivity contribution is -0.118.